The molecule has 3 nitrogen and oxygen atoms in total. The maximum atomic E-state index is 5.73. The molecule has 0 fully saturated rings. The SMILES string of the molecule is CC(C)Cc1cccc(C(Cc2cccnc2)NN)c1. The summed E-state index contributed by atoms with van der Waals surface area (Å²) in [6.45, 7) is 4.47. The smallest absolute Gasteiger partial charge is 0.0500 e. The van der Waals surface area contributed by atoms with Crippen molar-refractivity contribution in [3.63, 3.8) is 0 Å². The molecule has 1 heterocycles. The Kier molecular flexibility index (Phi) is 5.27. The minimum atomic E-state index is 0.117. The van der Waals surface area contributed by atoms with Crippen LogP contribution >= 0.6 is 0 Å². The number of pyridine rings is 1. The molecule has 3 N–H and O–H groups in total. The fourth-order valence-corrected chi connectivity index (χ4v) is 2.44. The fourth-order valence-electron chi connectivity index (χ4n) is 2.44. The van der Waals surface area contributed by atoms with Gasteiger partial charge in [-0.15, -0.1) is 0 Å². The third-order valence-corrected chi connectivity index (χ3v) is 3.36. The van der Waals surface area contributed by atoms with Crippen LogP contribution in [0.15, 0.2) is 48.8 Å². The van der Waals surface area contributed by atoms with Gasteiger partial charge in [-0.25, -0.2) is 0 Å². The average Bonchev–Trinajstić information content (AvgIpc) is 2.45. The van der Waals surface area contributed by atoms with Crippen LogP contribution in [0.1, 0.15) is 36.6 Å². The van der Waals surface area contributed by atoms with Crippen molar-refractivity contribution in [2.75, 3.05) is 0 Å². The monoisotopic (exact) mass is 269 g/mol. The molecule has 2 aromatic rings. The van der Waals surface area contributed by atoms with Gasteiger partial charge in [-0.2, -0.15) is 0 Å². The van der Waals surface area contributed by atoms with Gasteiger partial charge in [0.05, 0.1) is 6.04 Å². The summed E-state index contributed by atoms with van der Waals surface area (Å²) in [5, 5.41) is 0. The molecule has 0 radical (unpaired) electrons. The summed E-state index contributed by atoms with van der Waals surface area (Å²) in [5.74, 6) is 6.39. The van der Waals surface area contributed by atoms with E-state index in [0.29, 0.717) is 5.92 Å². The van der Waals surface area contributed by atoms with E-state index >= 15 is 0 Å². The maximum absolute atomic E-state index is 5.73. The number of nitrogens with zero attached hydrogens (tertiary/aromatic N) is 1. The Labute approximate surface area is 121 Å². The zero-order valence-corrected chi connectivity index (χ0v) is 12.2. The van der Waals surface area contributed by atoms with Crippen LogP contribution < -0.4 is 11.3 Å². The fraction of sp³-hybridized carbons (Fsp3) is 0.353. The standard InChI is InChI=1S/C17H23N3/c1-13(2)9-14-5-3-7-16(10-14)17(20-18)11-15-6-4-8-19-12-15/h3-8,10,12-13,17,20H,9,11,18H2,1-2H3. The number of hydrogen-bond donors (Lipinski definition) is 2. The van der Waals surface area contributed by atoms with E-state index in [2.05, 4.69) is 54.6 Å². The van der Waals surface area contributed by atoms with Gasteiger partial charge in [0.25, 0.3) is 0 Å². The Balaban J connectivity index is 2.15. The zero-order chi connectivity index (χ0) is 14.4. The lowest BCUT2D eigenvalue weighted by atomic mass is 9.95. The Morgan fingerprint density at radius 3 is 2.55 bits per heavy atom. The van der Waals surface area contributed by atoms with Crippen molar-refractivity contribution in [3.8, 4) is 0 Å². The summed E-state index contributed by atoms with van der Waals surface area (Å²) in [6, 6.07) is 12.8. The molecule has 1 atom stereocenters. The first-order valence-corrected chi connectivity index (χ1v) is 7.13. The summed E-state index contributed by atoms with van der Waals surface area (Å²) >= 11 is 0. The predicted octanol–water partition coefficient (Wildman–Crippen LogP) is 3.03. The summed E-state index contributed by atoms with van der Waals surface area (Å²) in [4.78, 5) is 4.15. The van der Waals surface area contributed by atoms with Crippen LogP contribution in [0.4, 0.5) is 0 Å². The largest absolute Gasteiger partial charge is 0.271 e. The number of hydrogen-bond acceptors (Lipinski definition) is 3. The molecule has 0 bridgehead atoms. The van der Waals surface area contributed by atoms with E-state index in [1.807, 2.05) is 12.3 Å². The van der Waals surface area contributed by atoms with E-state index in [9.17, 15) is 0 Å². The molecule has 0 aliphatic heterocycles. The molecule has 3 heteroatoms. The topological polar surface area (TPSA) is 50.9 Å². The second-order valence-corrected chi connectivity index (χ2v) is 5.63. The van der Waals surface area contributed by atoms with Crippen LogP contribution in [0.25, 0.3) is 0 Å². The summed E-state index contributed by atoms with van der Waals surface area (Å²) in [6.07, 6.45) is 5.62. The highest BCUT2D eigenvalue weighted by Crippen LogP contribution is 2.20. The zero-order valence-electron chi connectivity index (χ0n) is 12.2. The van der Waals surface area contributed by atoms with Crippen LogP contribution in [0.2, 0.25) is 0 Å². The molecule has 106 valence electrons. The van der Waals surface area contributed by atoms with Crippen LogP contribution in [-0.2, 0) is 12.8 Å². The quantitative estimate of drug-likeness (QED) is 0.626. The average molecular weight is 269 g/mol. The van der Waals surface area contributed by atoms with Crippen molar-refractivity contribution in [1.82, 2.24) is 10.4 Å². The Morgan fingerprint density at radius 1 is 1.10 bits per heavy atom. The molecular formula is C17H23N3. The number of aromatic nitrogens is 1. The molecule has 1 aromatic carbocycles. The lowest BCUT2D eigenvalue weighted by Gasteiger charge is -2.17. The Bertz CT molecular complexity index is 523. The molecule has 0 aliphatic carbocycles. The van der Waals surface area contributed by atoms with Gasteiger partial charge < -0.3 is 0 Å². The van der Waals surface area contributed by atoms with E-state index in [4.69, 9.17) is 5.84 Å². The molecule has 0 saturated carbocycles. The minimum Gasteiger partial charge on any atom is -0.271 e. The molecule has 0 amide bonds. The van der Waals surface area contributed by atoms with Gasteiger partial charge >= 0.3 is 0 Å². The third-order valence-electron chi connectivity index (χ3n) is 3.36. The van der Waals surface area contributed by atoms with Crippen molar-refractivity contribution in [3.05, 3.63) is 65.5 Å². The van der Waals surface area contributed by atoms with Gasteiger partial charge in [0.2, 0.25) is 0 Å². The summed E-state index contributed by atoms with van der Waals surface area (Å²) < 4.78 is 0. The lowest BCUT2D eigenvalue weighted by Crippen LogP contribution is -2.29. The highest BCUT2D eigenvalue weighted by Gasteiger charge is 2.11. The minimum absolute atomic E-state index is 0.117. The Hall–Kier alpha value is -1.71. The number of benzene rings is 1. The van der Waals surface area contributed by atoms with Crippen LogP contribution in [0.5, 0.6) is 0 Å². The summed E-state index contributed by atoms with van der Waals surface area (Å²) in [5.41, 5.74) is 6.70. The predicted molar refractivity (Wildman–Crippen MR) is 83.0 cm³/mol. The molecule has 1 aromatic heterocycles. The van der Waals surface area contributed by atoms with Crippen molar-refractivity contribution < 1.29 is 0 Å². The van der Waals surface area contributed by atoms with Gasteiger partial charge in [0.15, 0.2) is 0 Å². The molecular weight excluding hydrogens is 246 g/mol. The van der Waals surface area contributed by atoms with E-state index in [1.165, 1.54) is 16.7 Å². The van der Waals surface area contributed by atoms with Gasteiger partial charge in [0.1, 0.15) is 0 Å². The number of nitrogens with one attached hydrogen (secondary N) is 1. The summed E-state index contributed by atoms with van der Waals surface area (Å²) in [7, 11) is 0. The molecule has 1 unspecified atom stereocenters. The van der Waals surface area contributed by atoms with Gasteiger partial charge in [-0.05, 0) is 41.5 Å². The van der Waals surface area contributed by atoms with Gasteiger partial charge in [-0.1, -0.05) is 44.2 Å². The highest BCUT2D eigenvalue weighted by atomic mass is 15.2. The van der Waals surface area contributed by atoms with Crippen molar-refractivity contribution in [1.29, 1.82) is 0 Å². The second-order valence-electron chi connectivity index (χ2n) is 5.63. The van der Waals surface area contributed by atoms with Crippen molar-refractivity contribution in [2.45, 2.75) is 32.7 Å². The van der Waals surface area contributed by atoms with Crippen molar-refractivity contribution in [2.24, 2.45) is 11.8 Å². The molecule has 0 aliphatic rings. The number of nitrogens with two attached hydrogens (primary N) is 1. The van der Waals surface area contributed by atoms with Gasteiger partial charge in [0, 0.05) is 12.4 Å². The maximum Gasteiger partial charge on any atom is 0.0500 e. The van der Waals surface area contributed by atoms with Crippen LogP contribution in [-0.4, -0.2) is 4.98 Å². The van der Waals surface area contributed by atoms with Crippen LogP contribution in [0, 0.1) is 5.92 Å². The van der Waals surface area contributed by atoms with Crippen LogP contribution in [0.3, 0.4) is 0 Å². The van der Waals surface area contributed by atoms with Crippen molar-refractivity contribution >= 4 is 0 Å². The number of rotatable bonds is 6. The van der Waals surface area contributed by atoms with Gasteiger partial charge in [-0.3, -0.25) is 16.3 Å². The molecule has 2 rings (SSSR count). The first-order valence-electron chi connectivity index (χ1n) is 7.13. The number of hydrazine groups is 1. The van der Waals surface area contributed by atoms with E-state index in [-0.39, 0.29) is 6.04 Å². The van der Waals surface area contributed by atoms with E-state index in [0.717, 1.165) is 12.8 Å². The molecule has 0 spiro atoms. The first-order chi connectivity index (χ1) is 9.69. The molecule has 20 heavy (non-hydrogen) atoms. The van der Waals surface area contributed by atoms with E-state index in [1.54, 1.807) is 6.20 Å². The lowest BCUT2D eigenvalue weighted by molar-refractivity contribution is 0.549. The normalized spacial score (nSPS) is 12.6. The highest BCUT2D eigenvalue weighted by molar-refractivity contribution is 5.28. The second kappa shape index (κ2) is 7.17. The molecule has 0 saturated heterocycles. The Morgan fingerprint density at radius 2 is 1.90 bits per heavy atom. The van der Waals surface area contributed by atoms with E-state index < -0.39 is 0 Å². The third kappa shape index (κ3) is 4.15. The first kappa shape index (κ1) is 14.7.